The normalized spacial score (nSPS) is 16.8. The van der Waals surface area contributed by atoms with E-state index >= 15 is 0 Å². The summed E-state index contributed by atoms with van der Waals surface area (Å²) in [7, 11) is 1.73. The van der Waals surface area contributed by atoms with Crippen molar-refractivity contribution in [2.75, 3.05) is 7.05 Å². The summed E-state index contributed by atoms with van der Waals surface area (Å²) in [4.78, 5) is 19.4. The Balaban J connectivity index is 1.55. The zero-order chi connectivity index (χ0) is 20.4. The molecule has 3 aromatic rings. The van der Waals surface area contributed by atoms with E-state index in [1.807, 2.05) is 66.7 Å². The van der Waals surface area contributed by atoms with Crippen molar-refractivity contribution < 1.29 is 4.79 Å². The van der Waals surface area contributed by atoms with Crippen LogP contribution in [0, 0.1) is 0 Å². The SMILES string of the molecule is CN1C(=O)/C(=C/c2ccc(-c3ccc(Cl)cc3)cc2)SC1=Nc1ccc(Cl)cc1. The summed E-state index contributed by atoms with van der Waals surface area (Å²) in [6.45, 7) is 0. The number of rotatable bonds is 3. The van der Waals surface area contributed by atoms with Gasteiger partial charge < -0.3 is 0 Å². The fraction of sp³-hybridized carbons (Fsp3) is 0.0435. The lowest BCUT2D eigenvalue weighted by molar-refractivity contribution is -0.121. The number of hydrogen-bond donors (Lipinski definition) is 0. The van der Waals surface area contributed by atoms with Gasteiger partial charge in [0.05, 0.1) is 10.6 Å². The Kier molecular flexibility index (Phi) is 5.76. The first-order chi connectivity index (χ1) is 14.0. The molecule has 29 heavy (non-hydrogen) atoms. The van der Waals surface area contributed by atoms with Gasteiger partial charge in [-0.15, -0.1) is 0 Å². The number of aliphatic imine (C=N–C) groups is 1. The topological polar surface area (TPSA) is 32.7 Å². The van der Waals surface area contributed by atoms with Gasteiger partial charge in [0, 0.05) is 17.1 Å². The fourth-order valence-electron chi connectivity index (χ4n) is 2.84. The number of hydrogen-bond acceptors (Lipinski definition) is 3. The van der Waals surface area contributed by atoms with Gasteiger partial charge in [-0.05, 0) is 70.9 Å². The van der Waals surface area contributed by atoms with Gasteiger partial charge >= 0.3 is 0 Å². The van der Waals surface area contributed by atoms with E-state index in [4.69, 9.17) is 23.2 Å². The number of benzene rings is 3. The van der Waals surface area contributed by atoms with Crippen LogP contribution in [-0.4, -0.2) is 23.0 Å². The molecular weight excluding hydrogens is 423 g/mol. The summed E-state index contributed by atoms with van der Waals surface area (Å²) >= 11 is 13.2. The summed E-state index contributed by atoms with van der Waals surface area (Å²) in [5.74, 6) is -0.0653. The van der Waals surface area contributed by atoms with Gasteiger partial charge in [-0.3, -0.25) is 9.69 Å². The monoisotopic (exact) mass is 438 g/mol. The van der Waals surface area contributed by atoms with Gasteiger partial charge in [0.2, 0.25) is 0 Å². The summed E-state index contributed by atoms with van der Waals surface area (Å²) in [6, 6.07) is 23.0. The predicted molar refractivity (Wildman–Crippen MR) is 124 cm³/mol. The zero-order valence-corrected chi connectivity index (χ0v) is 17.8. The quantitative estimate of drug-likeness (QED) is 0.416. The molecule has 1 heterocycles. The first kappa shape index (κ1) is 19.8. The number of likely N-dealkylation sites (N-methyl/N-ethyl adjacent to an activating group) is 1. The number of amides is 1. The molecule has 0 N–H and O–H groups in total. The third-order valence-corrected chi connectivity index (χ3v) is 6.01. The average molecular weight is 439 g/mol. The maximum Gasteiger partial charge on any atom is 0.266 e. The molecule has 6 heteroatoms. The molecule has 3 aromatic carbocycles. The number of amidine groups is 1. The standard InChI is InChI=1S/C23H16Cl2N2OS/c1-27-22(28)21(29-23(27)26-20-12-10-19(25)11-13-20)14-15-2-4-16(5-3-15)17-6-8-18(24)9-7-17/h2-14H,1H3/b21-14-,26-23?. The second-order valence-electron chi connectivity index (χ2n) is 6.47. The van der Waals surface area contributed by atoms with E-state index in [-0.39, 0.29) is 5.91 Å². The number of carbonyl (C=O) groups excluding carboxylic acids is 1. The molecule has 0 spiro atoms. The lowest BCUT2D eigenvalue weighted by atomic mass is 10.0. The van der Waals surface area contributed by atoms with Gasteiger partial charge in [0.15, 0.2) is 5.17 Å². The molecule has 0 bridgehead atoms. The minimum atomic E-state index is -0.0653. The van der Waals surface area contributed by atoms with E-state index in [1.165, 1.54) is 11.8 Å². The van der Waals surface area contributed by atoms with E-state index in [2.05, 4.69) is 4.99 Å². The maximum absolute atomic E-state index is 12.6. The zero-order valence-electron chi connectivity index (χ0n) is 15.5. The molecule has 1 saturated heterocycles. The summed E-state index contributed by atoms with van der Waals surface area (Å²) in [5, 5.41) is 2.01. The van der Waals surface area contributed by atoms with Crippen LogP contribution in [0.25, 0.3) is 17.2 Å². The number of carbonyl (C=O) groups is 1. The highest BCUT2D eigenvalue weighted by atomic mass is 35.5. The minimum Gasteiger partial charge on any atom is -0.290 e. The Morgan fingerprint density at radius 1 is 0.828 bits per heavy atom. The Bertz CT molecular complexity index is 1110. The van der Waals surface area contributed by atoms with Gasteiger partial charge in [0.1, 0.15) is 0 Å². The molecule has 1 fully saturated rings. The molecule has 0 saturated carbocycles. The van der Waals surface area contributed by atoms with Crippen LogP contribution in [0.3, 0.4) is 0 Å². The van der Waals surface area contributed by atoms with E-state index in [9.17, 15) is 4.79 Å². The highest BCUT2D eigenvalue weighted by Gasteiger charge is 2.30. The van der Waals surface area contributed by atoms with Crippen molar-refractivity contribution in [1.82, 2.24) is 4.90 Å². The van der Waals surface area contributed by atoms with Gasteiger partial charge in [-0.1, -0.05) is 59.6 Å². The molecule has 4 rings (SSSR count). The highest BCUT2D eigenvalue weighted by molar-refractivity contribution is 8.18. The first-order valence-electron chi connectivity index (χ1n) is 8.87. The lowest BCUT2D eigenvalue weighted by Gasteiger charge is -2.07. The van der Waals surface area contributed by atoms with Crippen molar-refractivity contribution in [2.45, 2.75) is 0 Å². The molecule has 1 amide bonds. The number of nitrogens with zero attached hydrogens (tertiary/aromatic N) is 2. The van der Waals surface area contributed by atoms with E-state index in [0.717, 1.165) is 22.4 Å². The summed E-state index contributed by atoms with van der Waals surface area (Å²) in [5.41, 5.74) is 3.90. The van der Waals surface area contributed by atoms with Crippen molar-refractivity contribution >= 4 is 57.8 Å². The summed E-state index contributed by atoms with van der Waals surface area (Å²) < 4.78 is 0. The molecule has 0 atom stereocenters. The maximum atomic E-state index is 12.6. The smallest absolute Gasteiger partial charge is 0.266 e. The van der Waals surface area contributed by atoms with Crippen LogP contribution in [0.15, 0.2) is 82.7 Å². The second kappa shape index (κ2) is 8.46. The van der Waals surface area contributed by atoms with Crippen molar-refractivity contribution in [3.8, 4) is 11.1 Å². The Labute approximate surface area is 183 Å². The predicted octanol–water partition coefficient (Wildman–Crippen LogP) is 6.89. The largest absolute Gasteiger partial charge is 0.290 e. The molecule has 1 aliphatic heterocycles. The highest BCUT2D eigenvalue weighted by Crippen LogP contribution is 2.33. The van der Waals surface area contributed by atoms with Crippen LogP contribution in [-0.2, 0) is 4.79 Å². The Hall–Kier alpha value is -2.53. The van der Waals surface area contributed by atoms with Crippen molar-refractivity contribution in [2.24, 2.45) is 4.99 Å². The van der Waals surface area contributed by atoms with Crippen LogP contribution in [0.1, 0.15) is 5.56 Å². The average Bonchev–Trinajstić information content (AvgIpc) is 2.99. The molecule has 0 aromatic heterocycles. The van der Waals surface area contributed by atoms with Crippen molar-refractivity contribution in [1.29, 1.82) is 0 Å². The van der Waals surface area contributed by atoms with Gasteiger partial charge in [-0.25, -0.2) is 4.99 Å². The Morgan fingerprint density at radius 3 is 1.93 bits per heavy atom. The van der Waals surface area contributed by atoms with E-state index in [0.29, 0.717) is 20.1 Å². The van der Waals surface area contributed by atoms with Crippen LogP contribution in [0.5, 0.6) is 0 Å². The molecule has 0 unspecified atom stereocenters. The molecule has 3 nitrogen and oxygen atoms in total. The minimum absolute atomic E-state index is 0.0653. The Morgan fingerprint density at radius 2 is 1.34 bits per heavy atom. The van der Waals surface area contributed by atoms with Gasteiger partial charge in [0.25, 0.3) is 5.91 Å². The summed E-state index contributed by atoms with van der Waals surface area (Å²) in [6.07, 6.45) is 1.89. The number of thioether (sulfide) groups is 1. The fourth-order valence-corrected chi connectivity index (χ4v) is 4.08. The van der Waals surface area contributed by atoms with Crippen LogP contribution in [0.4, 0.5) is 5.69 Å². The first-order valence-corrected chi connectivity index (χ1v) is 10.4. The van der Waals surface area contributed by atoms with E-state index < -0.39 is 0 Å². The molecule has 144 valence electrons. The lowest BCUT2D eigenvalue weighted by Crippen LogP contribution is -2.23. The molecule has 1 aliphatic rings. The van der Waals surface area contributed by atoms with Crippen LogP contribution < -0.4 is 0 Å². The molecular formula is C23H16Cl2N2OS. The third-order valence-electron chi connectivity index (χ3n) is 4.44. The molecule has 0 aliphatic carbocycles. The third kappa shape index (κ3) is 4.56. The van der Waals surface area contributed by atoms with Crippen molar-refractivity contribution in [3.05, 3.63) is 93.3 Å². The van der Waals surface area contributed by atoms with Crippen molar-refractivity contribution in [3.63, 3.8) is 0 Å². The number of halogens is 2. The molecule has 0 radical (unpaired) electrons. The van der Waals surface area contributed by atoms with Crippen LogP contribution in [0.2, 0.25) is 10.0 Å². The van der Waals surface area contributed by atoms with E-state index in [1.54, 1.807) is 24.1 Å². The second-order valence-corrected chi connectivity index (χ2v) is 8.36. The van der Waals surface area contributed by atoms with Crippen LogP contribution >= 0.6 is 35.0 Å². The van der Waals surface area contributed by atoms with Gasteiger partial charge in [-0.2, -0.15) is 0 Å².